The fraction of sp³-hybridized carbons (Fsp3) is 0.222. The van der Waals surface area contributed by atoms with Crippen LogP contribution in [0.5, 0.6) is 5.75 Å². The zero-order chi connectivity index (χ0) is 18.6. The zero-order valence-electron chi connectivity index (χ0n) is 14.0. The number of rotatable bonds is 5. The van der Waals surface area contributed by atoms with E-state index in [1.54, 1.807) is 38.1 Å². The Balaban J connectivity index is 2.10. The van der Waals surface area contributed by atoms with Gasteiger partial charge in [-0.15, -0.1) is 0 Å². The van der Waals surface area contributed by atoms with Gasteiger partial charge in [-0.1, -0.05) is 31.5 Å². The predicted molar refractivity (Wildman–Crippen MR) is 98.6 cm³/mol. The van der Waals surface area contributed by atoms with E-state index in [0.717, 1.165) is 0 Å². The number of hydrogen-bond donors (Lipinski definition) is 4. The van der Waals surface area contributed by atoms with E-state index in [4.69, 9.17) is 17.3 Å². The molecular formula is C18H20ClN3O3. The number of benzene rings is 2. The van der Waals surface area contributed by atoms with Gasteiger partial charge in [-0.05, 0) is 24.3 Å². The highest BCUT2D eigenvalue weighted by molar-refractivity contribution is 6.31. The molecule has 132 valence electrons. The normalized spacial score (nSPS) is 10.6. The van der Waals surface area contributed by atoms with Crippen LogP contribution in [0.3, 0.4) is 0 Å². The van der Waals surface area contributed by atoms with Crippen LogP contribution in [0, 0.1) is 5.92 Å². The van der Waals surface area contributed by atoms with Gasteiger partial charge in [0.2, 0.25) is 5.91 Å². The number of anilines is 2. The topological polar surface area (TPSA) is 104 Å². The van der Waals surface area contributed by atoms with Gasteiger partial charge in [-0.2, -0.15) is 0 Å². The number of nitrogen functional groups attached to an aromatic ring is 1. The summed E-state index contributed by atoms with van der Waals surface area (Å²) in [5.41, 5.74) is 7.31. The first-order chi connectivity index (χ1) is 11.8. The van der Waals surface area contributed by atoms with Gasteiger partial charge in [0.15, 0.2) is 0 Å². The van der Waals surface area contributed by atoms with Gasteiger partial charge in [0.25, 0.3) is 5.91 Å². The van der Waals surface area contributed by atoms with Crippen molar-refractivity contribution in [3.05, 3.63) is 52.5 Å². The smallest absolute Gasteiger partial charge is 0.251 e. The van der Waals surface area contributed by atoms with Crippen LogP contribution in [-0.4, -0.2) is 16.9 Å². The molecule has 0 unspecified atom stereocenters. The third-order valence-corrected chi connectivity index (χ3v) is 3.72. The van der Waals surface area contributed by atoms with Crippen LogP contribution < -0.4 is 16.4 Å². The maximum absolute atomic E-state index is 12.3. The van der Waals surface area contributed by atoms with Crippen molar-refractivity contribution < 1.29 is 14.7 Å². The summed E-state index contributed by atoms with van der Waals surface area (Å²) < 4.78 is 0. The molecule has 0 heterocycles. The van der Waals surface area contributed by atoms with Gasteiger partial charge in [-0.3, -0.25) is 9.59 Å². The average Bonchev–Trinajstić information content (AvgIpc) is 2.53. The van der Waals surface area contributed by atoms with Crippen molar-refractivity contribution in [2.24, 2.45) is 5.92 Å². The van der Waals surface area contributed by atoms with E-state index in [1.807, 2.05) is 0 Å². The highest BCUT2D eigenvalue weighted by Gasteiger charge is 2.12. The van der Waals surface area contributed by atoms with Gasteiger partial charge in [0.1, 0.15) is 5.75 Å². The van der Waals surface area contributed by atoms with E-state index in [2.05, 4.69) is 10.6 Å². The maximum atomic E-state index is 12.3. The van der Waals surface area contributed by atoms with Gasteiger partial charge >= 0.3 is 0 Å². The summed E-state index contributed by atoms with van der Waals surface area (Å²) in [6, 6.07) is 9.32. The number of phenolic OH excluding ortho intramolecular Hbond substituents is 1. The summed E-state index contributed by atoms with van der Waals surface area (Å²) in [5.74, 6) is -0.722. The van der Waals surface area contributed by atoms with Crippen LogP contribution in [0.2, 0.25) is 5.02 Å². The average molecular weight is 362 g/mol. The second-order valence-electron chi connectivity index (χ2n) is 5.94. The molecule has 2 aromatic carbocycles. The van der Waals surface area contributed by atoms with Gasteiger partial charge in [-0.25, -0.2) is 0 Å². The summed E-state index contributed by atoms with van der Waals surface area (Å²) in [6.07, 6.45) is 0. The van der Waals surface area contributed by atoms with Crippen LogP contribution in [-0.2, 0) is 11.3 Å². The number of halogens is 1. The molecule has 0 spiro atoms. The van der Waals surface area contributed by atoms with Gasteiger partial charge in [0, 0.05) is 46.1 Å². The molecule has 0 atom stereocenters. The Morgan fingerprint density at radius 2 is 1.92 bits per heavy atom. The van der Waals surface area contributed by atoms with Gasteiger partial charge in [0.05, 0.1) is 0 Å². The molecule has 5 N–H and O–H groups in total. The van der Waals surface area contributed by atoms with Crippen LogP contribution in [0.1, 0.15) is 29.8 Å². The third kappa shape index (κ3) is 5.12. The molecule has 0 bridgehead atoms. The summed E-state index contributed by atoms with van der Waals surface area (Å²) in [4.78, 5) is 24.1. The molecule has 0 aromatic heterocycles. The molecule has 0 aliphatic rings. The second kappa shape index (κ2) is 7.90. The quantitative estimate of drug-likeness (QED) is 0.614. The first kappa shape index (κ1) is 18.6. The molecule has 0 aliphatic heterocycles. The summed E-state index contributed by atoms with van der Waals surface area (Å²) in [6.45, 7) is 3.67. The SMILES string of the molecule is CC(C)C(=O)Nc1cc(Cl)cc(C(=O)NCc2ccc(N)cc2O)c1. The summed E-state index contributed by atoms with van der Waals surface area (Å²) >= 11 is 6.03. The molecule has 0 aliphatic carbocycles. The third-order valence-electron chi connectivity index (χ3n) is 3.50. The fourth-order valence-electron chi connectivity index (χ4n) is 2.09. The van der Waals surface area contributed by atoms with Crippen molar-refractivity contribution >= 4 is 34.8 Å². The van der Waals surface area contributed by atoms with Crippen molar-refractivity contribution in [3.8, 4) is 5.75 Å². The molecule has 6 nitrogen and oxygen atoms in total. The molecule has 7 heteroatoms. The molecule has 0 saturated carbocycles. The van der Waals surface area contributed by atoms with Crippen molar-refractivity contribution in [2.75, 3.05) is 11.1 Å². The zero-order valence-corrected chi connectivity index (χ0v) is 14.7. The Bertz CT molecular complexity index is 806. The predicted octanol–water partition coefficient (Wildman–Crippen LogP) is 3.15. The first-order valence-corrected chi connectivity index (χ1v) is 8.11. The van der Waals surface area contributed by atoms with E-state index in [9.17, 15) is 14.7 Å². The van der Waals surface area contributed by atoms with E-state index >= 15 is 0 Å². The summed E-state index contributed by atoms with van der Waals surface area (Å²) in [5, 5.41) is 15.6. The standard InChI is InChI=1S/C18H20ClN3O3/c1-10(2)17(24)22-15-6-12(5-13(19)7-15)18(25)21-9-11-3-4-14(20)8-16(11)23/h3-8,10,23H,9,20H2,1-2H3,(H,21,25)(H,22,24). The van der Waals surface area contributed by atoms with E-state index in [-0.39, 0.29) is 30.0 Å². The molecule has 0 saturated heterocycles. The molecule has 0 radical (unpaired) electrons. The number of hydrogen-bond acceptors (Lipinski definition) is 4. The number of nitrogens with one attached hydrogen (secondary N) is 2. The monoisotopic (exact) mass is 361 g/mol. The Morgan fingerprint density at radius 3 is 2.56 bits per heavy atom. The number of nitrogens with two attached hydrogens (primary N) is 1. The lowest BCUT2D eigenvalue weighted by Gasteiger charge is -2.11. The minimum absolute atomic E-state index is 0.0104. The molecule has 2 rings (SSSR count). The van der Waals surface area contributed by atoms with Crippen LogP contribution in [0.25, 0.3) is 0 Å². The Morgan fingerprint density at radius 1 is 1.20 bits per heavy atom. The van der Waals surface area contributed by atoms with E-state index in [1.165, 1.54) is 12.1 Å². The molecule has 0 fully saturated rings. The molecule has 25 heavy (non-hydrogen) atoms. The number of carbonyl (C=O) groups excluding carboxylic acids is 2. The number of phenols is 1. The van der Waals surface area contributed by atoms with Crippen molar-refractivity contribution in [2.45, 2.75) is 20.4 Å². The minimum atomic E-state index is -0.376. The van der Waals surface area contributed by atoms with Crippen molar-refractivity contribution in [1.29, 1.82) is 0 Å². The Kier molecular flexibility index (Phi) is 5.88. The van der Waals surface area contributed by atoms with Crippen molar-refractivity contribution in [1.82, 2.24) is 5.32 Å². The molecular weight excluding hydrogens is 342 g/mol. The van der Waals surface area contributed by atoms with E-state index < -0.39 is 0 Å². The van der Waals surface area contributed by atoms with E-state index in [0.29, 0.717) is 27.5 Å². The molecule has 2 amide bonds. The van der Waals surface area contributed by atoms with Crippen LogP contribution >= 0.6 is 11.6 Å². The first-order valence-electron chi connectivity index (χ1n) is 7.73. The minimum Gasteiger partial charge on any atom is -0.508 e. The maximum Gasteiger partial charge on any atom is 0.251 e. The Labute approximate surface area is 151 Å². The summed E-state index contributed by atoms with van der Waals surface area (Å²) in [7, 11) is 0. The van der Waals surface area contributed by atoms with Crippen LogP contribution in [0.15, 0.2) is 36.4 Å². The Hall–Kier alpha value is -2.73. The number of carbonyl (C=O) groups is 2. The second-order valence-corrected chi connectivity index (χ2v) is 6.38. The van der Waals surface area contributed by atoms with Crippen molar-refractivity contribution in [3.63, 3.8) is 0 Å². The highest BCUT2D eigenvalue weighted by atomic mass is 35.5. The lowest BCUT2D eigenvalue weighted by atomic mass is 10.1. The lowest BCUT2D eigenvalue weighted by Crippen LogP contribution is -2.23. The highest BCUT2D eigenvalue weighted by Crippen LogP contribution is 2.22. The largest absolute Gasteiger partial charge is 0.508 e. The number of amides is 2. The molecule has 2 aromatic rings. The van der Waals surface area contributed by atoms with Crippen LogP contribution in [0.4, 0.5) is 11.4 Å². The number of aromatic hydroxyl groups is 1. The lowest BCUT2D eigenvalue weighted by molar-refractivity contribution is -0.118. The fourth-order valence-corrected chi connectivity index (χ4v) is 2.32. The van der Waals surface area contributed by atoms with Gasteiger partial charge < -0.3 is 21.5 Å².